The van der Waals surface area contributed by atoms with E-state index < -0.39 is 5.38 Å². The maximum absolute atomic E-state index is 11.0. The van der Waals surface area contributed by atoms with Gasteiger partial charge < -0.3 is 4.74 Å². The summed E-state index contributed by atoms with van der Waals surface area (Å²) in [7, 11) is 1.36. The second-order valence-electron chi connectivity index (χ2n) is 4.37. The van der Waals surface area contributed by atoms with Crippen molar-refractivity contribution in [2.75, 3.05) is 7.11 Å². The monoisotopic (exact) mass is 282 g/mol. The van der Waals surface area contributed by atoms with Crippen molar-refractivity contribution in [3.63, 3.8) is 0 Å². The third-order valence-corrected chi connectivity index (χ3v) is 3.64. The van der Waals surface area contributed by atoms with Crippen LogP contribution in [0.15, 0.2) is 0 Å². The summed E-state index contributed by atoms with van der Waals surface area (Å²) < 4.78 is 4.56. The van der Waals surface area contributed by atoms with E-state index in [0.717, 1.165) is 19.3 Å². The molecule has 0 amide bonds. The summed E-state index contributed by atoms with van der Waals surface area (Å²) in [4.78, 5) is 11.0. The molecule has 0 rings (SSSR count). The summed E-state index contributed by atoms with van der Waals surface area (Å²) in [6, 6.07) is 0. The molecule has 0 aromatic heterocycles. The molecule has 2 atom stereocenters. The molecule has 0 aliphatic rings. The van der Waals surface area contributed by atoms with Gasteiger partial charge in [0.25, 0.3) is 0 Å². The lowest BCUT2D eigenvalue weighted by Crippen LogP contribution is -2.16. The van der Waals surface area contributed by atoms with Crippen LogP contribution in [0.2, 0.25) is 0 Å². The van der Waals surface area contributed by atoms with Gasteiger partial charge in [-0.15, -0.1) is 23.2 Å². The second-order valence-corrected chi connectivity index (χ2v) is 5.51. The van der Waals surface area contributed by atoms with E-state index in [1.807, 2.05) is 0 Å². The molecule has 0 aromatic carbocycles. The van der Waals surface area contributed by atoms with Crippen molar-refractivity contribution in [2.24, 2.45) is 0 Å². The molecule has 0 aliphatic carbocycles. The Labute approximate surface area is 115 Å². The van der Waals surface area contributed by atoms with Gasteiger partial charge in [0.05, 0.1) is 7.11 Å². The normalized spacial score (nSPS) is 14.4. The van der Waals surface area contributed by atoms with Crippen molar-refractivity contribution in [1.82, 2.24) is 0 Å². The summed E-state index contributed by atoms with van der Waals surface area (Å²) in [6.45, 7) is 2.20. The molecule has 2 unspecified atom stereocenters. The van der Waals surface area contributed by atoms with Crippen molar-refractivity contribution in [3.8, 4) is 0 Å². The first-order valence-corrected chi connectivity index (χ1v) is 7.35. The number of halogens is 2. The van der Waals surface area contributed by atoms with Gasteiger partial charge in [-0.3, -0.25) is 4.79 Å². The highest BCUT2D eigenvalue weighted by Crippen LogP contribution is 2.18. The Morgan fingerprint density at radius 3 is 2.29 bits per heavy atom. The molecule has 0 radical (unpaired) electrons. The van der Waals surface area contributed by atoms with E-state index in [0.29, 0.717) is 6.42 Å². The van der Waals surface area contributed by atoms with Gasteiger partial charge in [0.1, 0.15) is 5.38 Å². The zero-order valence-electron chi connectivity index (χ0n) is 10.9. The van der Waals surface area contributed by atoms with Crippen LogP contribution in [0.5, 0.6) is 0 Å². The molecule has 0 heterocycles. The summed E-state index contributed by atoms with van der Waals surface area (Å²) in [6.07, 6.45) is 8.51. The minimum Gasteiger partial charge on any atom is -0.468 e. The van der Waals surface area contributed by atoms with Gasteiger partial charge in [-0.05, 0) is 25.7 Å². The minimum atomic E-state index is -0.524. The SMILES string of the molecule is CCCCCCC(Cl)CCCC(Cl)C(=O)OC. The number of hydrogen-bond acceptors (Lipinski definition) is 2. The standard InChI is InChI=1S/C13H24Cl2O2/c1-3-4-5-6-8-11(14)9-7-10-12(15)13(16)17-2/h11-12H,3-10H2,1-2H3. The van der Waals surface area contributed by atoms with Crippen LogP contribution in [-0.2, 0) is 9.53 Å². The van der Waals surface area contributed by atoms with Crippen molar-refractivity contribution >= 4 is 29.2 Å². The number of carbonyl (C=O) groups is 1. The summed E-state index contributed by atoms with van der Waals surface area (Å²) in [5.74, 6) is -0.347. The molecule has 0 bridgehead atoms. The van der Waals surface area contributed by atoms with Crippen LogP contribution < -0.4 is 0 Å². The lowest BCUT2D eigenvalue weighted by Gasteiger charge is -2.10. The Kier molecular flexibility index (Phi) is 11.2. The number of rotatable bonds is 10. The topological polar surface area (TPSA) is 26.3 Å². The van der Waals surface area contributed by atoms with Gasteiger partial charge >= 0.3 is 5.97 Å². The average molecular weight is 283 g/mol. The minimum absolute atomic E-state index is 0.216. The molecule has 17 heavy (non-hydrogen) atoms. The van der Waals surface area contributed by atoms with E-state index >= 15 is 0 Å². The fourth-order valence-corrected chi connectivity index (χ4v) is 2.25. The van der Waals surface area contributed by atoms with Crippen LogP contribution >= 0.6 is 23.2 Å². The predicted octanol–water partition coefficient (Wildman–Crippen LogP) is 4.51. The first-order chi connectivity index (χ1) is 8.11. The lowest BCUT2D eigenvalue weighted by molar-refractivity contribution is -0.140. The number of alkyl halides is 2. The van der Waals surface area contributed by atoms with Crippen molar-refractivity contribution in [2.45, 2.75) is 69.0 Å². The first kappa shape index (κ1) is 17.1. The van der Waals surface area contributed by atoms with Gasteiger partial charge in [0.15, 0.2) is 0 Å². The smallest absolute Gasteiger partial charge is 0.323 e. The van der Waals surface area contributed by atoms with E-state index in [1.165, 1.54) is 32.8 Å². The highest BCUT2D eigenvalue weighted by atomic mass is 35.5. The van der Waals surface area contributed by atoms with Crippen LogP contribution in [0, 0.1) is 0 Å². The number of ether oxygens (including phenoxy) is 1. The Morgan fingerprint density at radius 2 is 1.71 bits per heavy atom. The van der Waals surface area contributed by atoms with Crippen LogP contribution in [0.4, 0.5) is 0 Å². The quantitative estimate of drug-likeness (QED) is 0.335. The molecule has 2 nitrogen and oxygen atoms in total. The number of carbonyl (C=O) groups excluding carboxylic acids is 1. The molecule has 0 aliphatic heterocycles. The van der Waals surface area contributed by atoms with E-state index in [1.54, 1.807) is 0 Å². The molecule has 4 heteroatoms. The highest BCUT2D eigenvalue weighted by Gasteiger charge is 2.15. The molecule has 0 spiro atoms. The number of methoxy groups -OCH3 is 1. The van der Waals surface area contributed by atoms with Crippen molar-refractivity contribution in [1.29, 1.82) is 0 Å². The molecule has 0 N–H and O–H groups in total. The Morgan fingerprint density at radius 1 is 1.06 bits per heavy atom. The molecule has 0 saturated carbocycles. The third-order valence-electron chi connectivity index (χ3n) is 2.80. The molecule has 0 fully saturated rings. The van der Waals surface area contributed by atoms with Crippen LogP contribution in [0.1, 0.15) is 58.3 Å². The number of esters is 1. The second kappa shape index (κ2) is 11.2. The van der Waals surface area contributed by atoms with E-state index in [2.05, 4.69) is 11.7 Å². The van der Waals surface area contributed by atoms with Gasteiger partial charge in [-0.2, -0.15) is 0 Å². The zero-order chi connectivity index (χ0) is 13.1. The first-order valence-electron chi connectivity index (χ1n) is 6.47. The summed E-state index contributed by atoms with van der Waals surface area (Å²) in [5, 5.41) is -0.308. The summed E-state index contributed by atoms with van der Waals surface area (Å²) in [5.41, 5.74) is 0. The van der Waals surface area contributed by atoms with E-state index in [9.17, 15) is 4.79 Å². The van der Waals surface area contributed by atoms with Crippen LogP contribution in [0.3, 0.4) is 0 Å². The maximum Gasteiger partial charge on any atom is 0.323 e. The molecule has 102 valence electrons. The average Bonchev–Trinajstić information content (AvgIpc) is 2.33. The van der Waals surface area contributed by atoms with Gasteiger partial charge in [-0.1, -0.05) is 32.6 Å². The van der Waals surface area contributed by atoms with Gasteiger partial charge in [0, 0.05) is 5.38 Å². The molecule has 0 aromatic rings. The molecular weight excluding hydrogens is 259 g/mol. The zero-order valence-corrected chi connectivity index (χ0v) is 12.4. The Balaban J connectivity index is 3.44. The fraction of sp³-hybridized carbons (Fsp3) is 0.923. The summed E-state index contributed by atoms with van der Waals surface area (Å²) >= 11 is 12.0. The van der Waals surface area contributed by atoms with Gasteiger partial charge in [0.2, 0.25) is 0 Å². The van der Waals surface area contributed by atoms with Crippen molar-refractivity contribution < 1.29 is 9.53 Å². The Hall–Kier alpha value is 0.0500. The largest absolute Gasteiger partial charge is 0.468 e. The molecule has 0 saturated heterocycles. The lowest BCUT2D eigenvalue weighted by atomic mass is 10.1. The van der Waals surface area contributed by atoms with E-state index in [-0.39, 0.29) is 11.3 Å². The Bertz CT molecular complexity index is 198. The van der Waals surface area contributed by atoms with Gasteiger partial charge in [-0.25, -0.2) is 0 Å². The van der Waals surface area contributed by atoms with Crippen molar-refractivity contribution in [3.05, 3.63) is 0 Å². The highest BCUT2D eigenvalue weighted by molar-refractivity contribution is 6.29. The predicted molar refractivity (Wildman–Crippen MR) is 73.9 cm³/mol. The number of unbranched alkanes of at least 4 members (excludes halogenated alkanes) is 3. The third kappa shape index (κ3) is 9.72. The van der Waals surface area contributed by atoms with Crippen LogP contribution in [0.25, 0.3) is 0 Å². The molecular formula is C13H24Cl2O2. The van der Waals surface area contributed by atoms with Crippen LogP contribution in [-0.4, -0.2) is 23.8 Å². The fourth-order valence-electron chi connectivity index (χ4n) is 1.70. The van der Waals surface area contributed by atoms with E-state index in [4.69, 9.17) is 23.2 Å². The number of hydrogen-bond donors (Lipinski definition) is 0. The maximum atomic E-state index is 11.0.